The Morgan fingerprint density at radius 3 is 2.75 bits per heavy atom. The highest BCUT2D eigenvalue weighted by molar-refractivity contribution is 5.98. The molecular formula is C19H24N2O3. The van der Waals surface area contributed by atoms with Crippen LogP contribution in [0.25, 0.3) is 10.9 Å². The summed E-state index contributed by atoms with van der Waals surface area (Å²) in [6.45, 7) is 2.41. The van der Waals surface area contributed by atoms with Gasteiger partial charge in [-0.2, -0.15) is 0 Å². The van der Waals surface area contributed by atoms with Gasteiger partial charge in [0, 0.05) is 28.9 Å². The lowest BCUT2D eigenvalue weighted by molar-refractivity contribution is -0.127. The van der Waals surface area contributed by atoms with Crippen molar-refractivity contribution in [1.82, 2.24) is 10.3 Å². The highest BCUT2D eigenvalue weighted by Crippen LogP contribution is 2.28. The van der Waals surface area contributed by atoms with E-state index in [1.54, 1.807) is 0 Å². The number of amides is 1. The van der Waals surface area contributed by atoms with E-state index in [1.807, 2.05) is 12.1 Å². The molecule has 0 bridgehead atoms. The Morgan fingerprint density at radius 2 is 2.12 bits per heavy atom. The third-order valence-corrected chi connectivity index (χ3v) is 4.92. The number of hydrogen-bond acceptors (Lipinski definition) is 2. The van der Waals surface area contributed by atoms with Crippen LogP contribution in [0.5, 0.6) is 0 Å². The first kappa shape index (κ1) is 16.6. The highest BCUT2D eigenvalue weighted by Gasteiger charge is 2.26. The number of carboxylic acid groups (broad SMARTS) is 1. The van der Waals surface area contributed by atoms with E-state index >= 15 is 0 Å². The lowest BCUT2D eigenvalue weighted by Gasteiger charge is -2.24. The maximum absolute atomic E-state index is 12.1. The van der Waals surface area contributed by atoms with E-state index in [1.165, 1.54) is 5.56 Å². The lowest BCUT2D eigenvalue weighted by atomic mass is 9.85. The van der Waals surface area contributed by atoms with Crippen molar-refractivity contribution >= 4 is 22.8 Å². The van der Waals surface area contributed by atoms with Crippen LogP contribution in [0.4, 0.5) is 0 Å². The van der Waals surface area contributed by atoms with Crippen LogP contribution < -0.4 is 5.32 Å². The number of benzene rings is 1. The predicted octanol–water partition coefficient (Wildman–Crippen LogP) is 3.63. The van der Waals surface area contributed by atoms with Gasteiger partial charge in [0.25, 0.3) is 0 Å². The highest BCUT2D eigenvalue weighted by atomic mass is 16.4. The van der Waals surface area contributed by atoms with Crippen molar-refractivity contribution in [1.29, 1.82) is 0 Å². The quantitative estimate of drug-likeness (QED) is 0.726. The van der Waals surface area contributed by atoms with Gasteiger partial charge in [-0.3, -0.25) is 4.79 Å². The minimum absolute atomic E-state index is 0.0362. The Bertz CT molecular complexity index is 759. The predicted molar refractivity (Wildman–Crippen MR) is 93.1 cm³/mol. The van der Waals surface area contributed by atoms with Crippen molar-refractivity contribution in [3.8, 4) is 0 Å². The molecule has 3 N–H and O–H groups in total. The number of H-pyrrole nitrogens is 1. The van der Waals surface area contributed by atoms with Gasteiger partial charge in [0.15, 0.2) is 0 Å². The molecule has 128 valence electrons. The second kappa shape index (κ2) is 7.07. The number of hydrogen-bond donors (Lipinski definition) is 3. The van der Waals surface area contributed by atoms with E-state index in [-0.39, 0.29) is 24.1 Å². The van der Waals surface area contributed by atoms with E-state index in [9.17, 15) is 14.7 Å². The molecule has 1 aliphatic rings. The Morgan fingerprint density at radius 1 is 1.33 bits per heavy atom. The van der Waals surface area contributed by atoms with Crippen LogP contribution in [0, 0.1) is 5.92 Å². The molecule has 1 aliphatic carbocycles. The zero-order valence-corrected chi connectivity index (χ0v) is 14.0. The zero-order chi connectivity index (χ0) is 17.1. The van der Waals surface area contributed by atoms with Gasteiger partial charge >= 0.3 is 5.97 Å². The van der Waals surface area contributed by atoms with Gasteiger partial charge in [-0.25, -0.2) is 4.79 Å². The number of carboxylic acids is 1. The van der Waals surface area contributed by atoms with Crippen molar-refractivity contribution < 1.29 is 14.7 Å². The summed E-state index contributed by atoms with van der Waals surface area (Å²) in [5, 5.41) is 13.3. The molecule has 2 aromatic rings. The molecule has 1 saturated carbocycles. The van der Waals surface area contributed by atoms with Crippen LogP contribution >= 0.6 is 0 Å². The number of carbonyl (C=O) groups is 2. The fraction of sp³-hybridized carbons (Fsp3) is 0.474. The Balaban J connectivity index is 1.87. The topological polar surface area (TPSA) is 82.2 Å². The molecule has 0 saturated heterocycles. The molecule has 0 radical (unpaired) electrons. The number of carbonyl (C=O) groups excluding carboxylic acids is 1. The average Bonchev–Trinajstić information content (AvgIpc) is 2.87. The number of unbranched alkanes of at least 4 members (excludes halogenated alkanes) is 1. The maximum Gasteiger partial charge on any atom is 0.352 e. The standard InChI is InChI=1S/C19H24N2O3/c1-2-3-5-12-8-9-16-14(10-12)15(17(21-16)19(23)24)11-20-18(22)13-6-4-7-13/h8-10,13,21H,2-7,11H2,1H3,(H,20,22)(H,23,24). The van der Waals surface area contributed by atoms with Gasteiger partial charge in [0.1, 0.15) is 5.69 Å². The summed E-state index contributed by atoms with van der Waals surface area (Å²) in [4.78, 5) is 26.6. The molecule has 1 aromatic carbocycles. The molecule has 1 amide bonds. The van der Waals surface area contributed by atoms with E-state index in [0.717, 1.165) is 49.4 Å². The van der Waals surface area contributed by atoms with Gasteiger partial charge in [0.05, 0.1) is 0 Å². The largest absolute Gasteiger partial charge is 0.477 e. The molecule has 1 heterocycles. The van der Waals surface area contributed by atoms with Gasteiger partial charge in [0.2, 0.25) is 5.91 Å². The lowest BCUT2D eigenvalue weighted by Crippen LogP contribution is -2.34. The number of nitrogens with one attached hydrogen (secondary N) is 2. The summed E-state index contributed by atoms with van der Waals surface area (Å²) in [6.07, 6.45) is 6.19. The minimum atomic E-state index is -0.991. The van der Waals surface area contributed by atoms with Gasteiger partial charge in [-0.05, 0) is 43.4 Å². The number of rotatable bonds is 7. The summed E-state index contributed by atoms with van der Waals surface area (Å²) in [7, 11) is 0. The minimum Gasteiger partial charge on any atom is -0.477 e. The first-order valence-corrected chi connectivity index (χ1v) is 8.74. The summed E-state index contributed by atoms with van der Waals surface area (Å²) in [5.74, 6) is -0.855. The molecule has 0 atom stereocenters. The van der Waals surface area contributed by atoms with Gasteiger partial charge in [-0.1, -0.05) is 25.8 Å². The fourth-order valence-electron chi connectivity index (χ4n) is 3.19. The average molecular weight is 328 g/mol. The molecule has 24 heavy (non-hydrogen) atoms. The number of aromatic carboxylic acids is 1. The first-order valence-electron chi connectivity index (χ1n) is 8.74. The molecule has 1 fully saturated rings. The van der Waals surface area contributed by atoms with Crippen molar-refractivity contribution in [2.45, 2.75) is 52.0 Å². The third-order valence-electron chi connectivity index (χ3n) is 4.92. The van der Waals surface area contributed by atoms with Gasteiger partial charge in [-0.15, -0.1) is 0 Å². The number of aryl methyl sites for hydroxylation is 1. The van der Waals surface area contributed by atoms with Crippen LogP contribution in [-0.4, -0.2) is 22.0 Å². The van der Waals surface area contributed by atoms with Crippen LogP contribution in [-0.2, 0) is 17.8 Å². The molecular weight excluding hydrogens is 304 g/mol. The Labute approximate surface area is 141 Å². The van der Waals surface area contributed by atoms with Crippen LogP contribution in [0.1, 0.15) is 60.6 Å². The monoisotopic (exact) mass is 328 g/mol. The van der Waals surface area contributed by atoms with Crippen LogP contribution in [0.3, 0.4) is 0 Å². The third kappa shape index (κ3) is 3.30. The second-order valence-corrected chi connectivity index (χ2v) is 6.61. The molecule has 0 unspecified atom stereocenters. The first-order chi connectivity index (χ1) is 11.6. The molecule has 0 spiro atoms. The Kier molecular flexibility index (Phi) is 4.88. The number of fused-ring (bicyclic) bond motifs is 1. The van der Waals surface area contributed by atoms with Gasteiger partial charge < -0.3 is 15.4 Å². The molecule has 5 nitrogen and oxygen atoms in total. The van der Waals surface area contributed by atoms with Crippen molar-refractivity contribution in [2.75, 3.05) is 0 Å². The van der Waals surface area contributed by atoms with Crippen molar-refractivity contribution in [2.24, 2.45) is 5.92 Å². The SMILES string of the molecule is CCCCc1ccc2[nH]c(C(=O)O)c(CNC(=O)C3CCC3)c2c1. The molecule has 1 aromatic heterocycles. The summed E-state index contributed by atoms with van der Waals surface area (Å²) >= 11 is 0. The summed E-state index contributed by atoms with van der Waals surface area (Å²) in [5.41, 5.74) is 2.85. The normalized spacial score (nSPS) is 14.5. The summed E-state index contributed by atoms with van der Waals surface area (Å²) < 4.78 is 0. The fourth-order valence-corrected chi connectivity index (χ4v) is 3.19. The molecule has 0 aliphatic heterocycles. The number of aromatic nitrogens is 1. The smallest absolute Gasteiger partial charge is 0.352 e. The van der Waals surface area contributed by atoms with Crippen molar-refractivity contribution in [3.63, 3.8) is 0 Å². The van der Waals surface area contributed by atoms with Crippen molar-refractivity contribution in [3.05, 3.63) is 35.0 Å². The Hall–Kier alpha value is -2.30. The van der Waals surface area contributed by atoms with Crippen LogP contribution in [0.15, 0.2) is 18.2 Å². The molecule has 5 heteroatoms. The second-order valence-electron chi connectivity index (χ2n) is 6.61. The van der Waals surface area contributed by atoms with E-state index in [4.69, 9.17) is 0 Å². The van der Waals surface area contributed by atoms with E-state index < -0.39 is 5.97 Å². The van der Waals surface area contributed by atoms with Crippen LogP contribution in [0.2, 0.25) is 0 Å². The maximum atomic E-state index is 12.1. The molecule has 3 rings (SSSR count). The van der Waals surface area contributed by atoms with E-state index in [0.29, 0.717) is 5.56 Å². The zero-order valence-electron chi connectivity index (χ0n) is 14.0. The number of aromatic amines is 1. The van der Waals surface area contributed by atoms with E-state index in [2.05, 4.69) is 23.3 Å². The summed E-state index contributed by atoms with van der Waals surface area (Å²) in [6, 6.07) is 6.03.